The van der Waals surface area contributed by atoms with Crippen molar-refractivity contribution in [3.05, 3.63) is 35.0 Å². The highest BCUT2D eigenvalue weighted by molar-refractivity contribution is 6.35. The molecule has 0 spiro atoms. The second-order valence-corrected chi connectivity index (χ2v) is 3.09. The van der Waals surface area contributed by atoms with E-state index in [2.05, 4.69) is 4.98 Å². The van der Waals surface area contributed by atoms with Crippen molar-refractivity contribution in [3.8, 4) is 0 Å². The smallest absolute Gasteiger partial charge is 0.0647 e. The number of fused-ring (bicyclic) bond motifs is 1. The van der Waals surface area contributed by atoms with Crippen LogP contribution >= 0.6 is 11.6 Å². The summed E-state index contributed by atoms with van der Waals surface area (Å²) in [5.74, 6) is 0. The Morgan fingerprint density at radius 3 is 3.00 bits per heavy atom. The van der Waals surface area contributed by atoms with E-state index in [1.165, 1.54) is 0 Å². The summed E-state index contributed by atoms with van der Waals surface area (Å²) < 4.78 is 0. The maximum atomic E-state index is 5.96. The highest BCUT2D eigenvalue weighted by atomic mass is 35.5. The summed E-state index contributed by atoms with van der Waals surface area (Å²) in [6, 6.07) is 5.80. The van der Waals surface area contributed by atoms with Crippen molar-refractivity contribution < 1.29 is 0 Å². The molecule has 2 nitrogen and oxygen atoms in total. The Kier molecular flexibility index (Phi) is 1.79. The number of nitrogens with two attached hydrogens (primary N) is 1. The van der Waals surface area contributed by atoms with E-state index in [0.717, 1.165) is 21.5 Å². The molecule has 3 N–H and O–H groups in total. The number of H-pyrrole nitrogens is 1. The average Bonchev–Trinajstić information content (AvgIpc) is 2.49. The molecule has 0 radical (unpaired) electrons. The summed E-state index contributed by atoms with van der Waals surface area (Å²) in [5.41, 5.74) is 7.62. The fraction of sp³-hybridized carbons (Fsp3) is 0.111. The van der Waals surface area contributed by atoms with Crippen molar-refractivity contribution in [2.45, 2.75) is 6.54 Å². The lowest BCUT2D eigenvalue weighted by atomic mass is 10.2. The van der Waals surface area contributed by atoms with Crippen molar-refractivity contribution in [1.82, 2.24) is 4.98 Å². The highest BCUT2D eigenvalue weighted by Crippen LogP contribution is 2.24. The average molecular weight is 181 g/mol. The Hall–Kier alpha value is -0.990. The first-order valence-electron chi connectivity index (χ1n) is 3.77. The minimum Gasteiger partial charge on any atom is -0.360 e. The Bertz CT molecular complexity index is 406. The maximum absolute atomic E-state index is 5.96. The van der Waals surface area contributed by atoms with E-state index in [4.69, 9.17) is 17.3 Å². The quantitative estimate of drug-likeness (QED) is 0.695. The van der Waals surface area contributed by atoms with Gasteiger partial charge in [0.15, 0.2) is 0 Å². The second kappa shape index (κ2) is 2.81. The number of halogens is 1. The number of para-hydroxylation sites is 1. The lowest BCUT2D eigenvalue weighted by Gasteiger charge is -1.94. The number of rotatable bonds is 1. The van der Waals surface area contributed by atoms with Gasteiger partial charge in [0, 0.05) is 18.1 Å². The van der Waals surface area contributed by atoms with Crippen molar-refractivity contribution >= 4 is 22.5 Å². The highest BCUT2D eigenvalue weighted by Gasteiger charge is 2.03. The lowest BCUT2D eigenvalue weighted by molar-refractivity contribution is 1.08. The van der Waals surface area contributed by atoms with E-state index in [1.807, 2.05) is 24.4 Å². The zero-order valence-corrected chi connectivity index (χ0v) is 7.23. The third kappa shape index (κ3) is 1.00. The SMILES string of the molecule is NCc1c[nH]c2c(Cl)cccc12. The Labute approximate surface area is 75.3 Å². The van der Waals surface area contributed by atoms with Gasteiger partial charge in [-0.2, -0.15) is 0 Å². The van der Waals surface area contributed by atoms with Gasteiger partial charge in [0.25, 0.3) is 0 Å². The van der Waals surface area contributed by atoms with Gasteiger partial charge in [0.05, 0.1) is 10.5 Å². The maximum Gasteiger partial charge on any atom is 0.0647 e. The molecule has 1 heterocycles. The predicted octanol–water partition coefficient (Wildman–Crippen LogP) is 2.28. The normalized spacial score (nSPS) is 10.8. The van der Waals surface area contributed by atoms with Crippen molar-refractivity contribution in [3.63, 3.8) is 0 Å². The van der Waals surface area contributed by atoms with Crippen molar-refractivity contribution in [2.24, 2.45) is 5.73 Å². The molecule has 0 aliphatic rings. The lowest BCUT2D eigenvalue weighted by Crippen LogP contribution is -1.93. The number of aromatic nitrogens is 1. The fourth-order valence-corrected chi connectivity index (χ4v) is 1.57. The topological polar surface area (TPSA) is 41.8 Å². The summed E-state index contributed by atoms with van der Waals surface area (Å²) in [4.78, 5) is 3.10. The minimum atomic E-state index is 0.542. The third-order valence-corrected chi connectivity index (χ3v) is 2.29. The first-order valence-corrected chi connectivity index (χ1v) is 4.15. The van der Waals surface area contributed by atoms with Gasteiger partial charge >= 0.3 is 0 Å². The molecule has 0 fully saturated rings. The Morgan fingerprint density at radius 2 is 2.25 bits per heavy atom. The second-order valence-electron chi connectivity index (χ2n) is 2.68. The zero-order chi connectivity index (χ0) is 8.55. The van der Waals surface area contributed by atoms with Crippen LogP contribution in [0.4, 0.5) is 0 Å². The van der Waals surface area contributed by atoms with E-state index >= 15 is 0 Å². The molecule has 0 amide bonds. The van der Waals surface area contributed by atoms with Gasteiger partial charge in [-0.15, -0.1) is 0 Å². The molecule has 3 heteroatoms. The van der Waals surface area contributed by atoms with Gasteiger partial charge in [-0.25, -0.2) is 0 Å². The van der Waals surface area contributed by atoms with E-state index in [9.17, 15) is 0 Å². The number of hydrogen-bond acceptors (Lipinski definition) is 1. The van der Waals surface area contributed by atoms with Gasteiger partial charge in [-0.1, -0.05) is 23.7 Å². The van der Waals surface area contributed by atoms with Crippen molar-refractivity contribution in [2.75, 3.05) is 0 Å². The molecular weight excluding hydrogens is 172 g/mol. The molecule has 0 bridgehead atoms. The summed E-state index contributed by atoms with van der Waals surface area (Å²) >= 11 is 5.96. The number of benzene rings is 1. The first-order chi connectivity index (χ1) is 5.83. The van der Waals surface area contributed by atoms with Crippen LogP contribution in [-0.4, -0.2) is 4.98 Å². The van der Waals surface area contributed by atoms with Gasteiger partial charge in [-0.3, -0.25) is 0 Å². The molecule has 1 aromatic heterocycles. The van der Waals surface area contributed by atoms with Gasteiger partial charge in [0.2, 0.25) is 0 Å². The van der Waals surface area contributed by atoms with E-state index in [0.29, 0.717) is 6.54 Å². The van der Waals surface area contributed by atoms with Crippen LogP contribution in [-0.2, 0) is 6.54 Å². The summed E-state index contributed by atoms with van der Waals surface area (Å²) in [6.45, 7) is 0.542. The number of nitrogens with one attached hydrogen (secondary N) is 1. The largest absolute Gasteiger partial charge is 0.360 e. The summed E-state index contributed by atoms with van der Waals surface area (Å²) in [7, 11) is 0. The molecule has 2 aromatic rings. The van der Waals surface area contributed by atoms with Crippen LogP contribution in [0.15, 0.2) is 24.4 Å². The van der Waals surface area contributed by atoms with Gasteiger partial charge < -0.3 is 10.7 Å². The monoisotopic (exact) mass is 180 g/mol. The van der Waals surface area contributed by atoms with Crippen LogP contribution < -0.4 is 5.73 Å². The van der Waals surface area contributed by atoms with E-state index in [1.54, 1.807) is 0 Å². The molecule has 0 aliphatic carbocycles. The summed E-state index contributed by atoms with van der Waals surface area (Å²) in [5, 5.41) is 1.86. The summed E-state index contributed by atoms with van der Waals surface area (Å²) in [6.07, 6.45) is 1.90. The van der Waals surface area contributed by atoms with Crippen LogP contribution in [0.2, 0.25) is 5.02 Å². The molecule has 0 saturated carbocycles. The molecule has 0 unspecified atom stereocenters. The van der Waals surface area contributed by atoms with Crippen LogP contribution in [0.5, 0.6) is 0 Å². The minimum absolute atomic E-state index is 0.542. The molecule has 0 aliphatic heterocycles. The van der Waals surface area contributed by atoms with E-state index < -0.39 is 0 Å². The predicted molar refractivity (Wildman–Crippen MR) is 51.2 cm³/mol. The van der Waals surface area contributed by atoms with Gasteiger partial charge in [-0.05, 0) is 11.6 Å². The molecule has 2 rings (SSSR count). The standard InChI is InChI=1S/C9H9ClN2/c10-8-3-1-2-7-6(4-11)5-12-9(7)8/h1-3,5,12H,4,11H2. The fourth-order valence-electron chi connectivity index (χ4n) is 1.34. The van der Waals surface area contributed by atoms with Crippen LogP contribution in [0, 0.1) is 0 Å². The van der Waals surface area contributed by atoms with Crippen molar-refractivity contribution in [1.29, 1.82) is 0 Å². The Balaban J connectivity index is 2.80. The van der Waals surface area contributed by atoms with Crippen LogP contribution in [0.25, 0.3) is 10.9 Å². The molecule has 0 saturated heterocycles. The molecular formula is C9H9ClN2. The third-order valence-electron chi connectivity index (χ3n) is 1.97. The Morgan fingerprint density at radius 1 is 1.42 bits per heavy atom. The van der Waals surface area contributed by atoms with Crippen LogP contribution in [0.3, 0.4) is 0 Å². The van der Waals surface area contributed by atoms with Gasteiger partial charge in [0.1, 0.15) is 0 Å². The first kappa shape index (κ1) is 7.65. The zero-order valence-electron chi connectivity index (χ0n) is 6.47. The molecule has 62 valence electrons. The molecule has 1 aromatic carbocycles. The molecule has 0 atom stereocenters. The van der Waals surface area contributed by atoms with Crippen LogP contribution in [0.1, 0.15) is 5.56 Å². The van der Waals surface area contributed by atoms with E-state index in [-0.39, 0.29) is 0 Å². The number of aromatic amines is 1. The molecule has 12 heavy (non-hydrogen) atoms. The number of hydrogen-bond donors (Lipinski definition) is 2.